The van der Waals surface area contributed by atoms with Gasteiger partial charge in [-0.25, -0.2) is 0 Å². The number of ether oxygens (including phenoxy) is 1. The van der Waals surface area contributed by atoms with Crippen LogP contribution in [0.5, 0.6) is 0 Å². The molecule has 1 atom stereocenters. The molecule has 5 heteroatoms. The van der Waals surface area contributed by atoms with E-state index in [2.05, 4.69) is 10.1 Å². The molecule has 1 unspecified atom stereocenters. The van der Waals surface area contributed by atoms with Gasteiger partial charge in [0.05, 0.1) is 19.6 Å². The Labute approximate surface area is 112 Å². The number of nitrogens with zero attached hydrogens (tertiary/aromatic N) is 1. The molecule has 2 rings (SSSR count). The van der Waals surface area contributed by atoms with E-state index >= 15 is 0 Å². The van der Waals surface area contributed by atoms with Crippen molar-refractivity contribution in [3.8, 4) is 0 Å². The van der Waals surface area contributed by atoms with Gasteiger partial charge < -0.3 is 15.0 Å². The molecule has 1 aromatic carbocycles. The van der Waals surface area contributed by atoms with Gasteiger partial charge in [-0.15, -0.1) is 0 Å². The second kappa shape index (κ2) is 6.33. The summed E-state index contributed by atoms with van der Waals surface area (Å²) in [5.41, 5.74) is 1.09. The Morgan fingerprint density at radius 2 is 2.16 bits per heavy atom. The molecule has 0 bridgehead atoms. The Morgan fingerprint density at radius 1 is 1.42 bits per heavy atom. The number of benzene rings is 1. The average Bonchev–Trinajstić information content (AvgIpc) is 2.44. The van der Waals surface area contributed by atoms with Crippen LogP contribution >= 0.6 is 0 Å². The Balaban J connectivity index is 1.98. The van der Waals surface area contributed by atoms with Gasteiger partial charge in [0.15, 0.2) is 0 Å². The molecule has 5 nitrogen and oxygen atoms in total. The van der Waals surface area contributed by atoms with Crippen LogP contribution < -0.4 is 5.32 Å². The normalized spacial score (nSPS) is 19.3. The van der Waals surface area contributed by atoms with Crippen molar-refractivity contribution in [3.63, 3.8) is 0 Å². The first-order chi connectivity index (χ1) is 9.20. The number of carbonyl (C=O) groups is 2. The second-order valence-electron chi connectivity index (χ2n) is 4.53. The van der Waals surface area contributed by atoms with Crippen LogP contribution in [0.4, 0.5) is 0 Å². The van der Waals surface area contributed by atoms with Crippen LogP contribution in [-0.4, -0.2) is 43.0 Å². The summed E-state index contributed by atoms with van der Waals surface area (Å²) in [7, 11) is 1.33. The van der Waals surface area contributed by atoms with Crippen LogP contribution in [0.1, 0.15) is 12.0 Å². The van der Waals surface area contributed by atoms with Crippen molar-refractivity contribution in [2.45, 2.75) is 19.0 Å². The van der Waals surface area contributed by atoms with Crippen LogP contribution in [0, 0.1) is 0 Å². The van der Waals surface area contributed by atoms with E-state index in [-0.39, 0.29) is 18.3 Å². The van der Waals surface area contributed by atoms with Crippen molar-refractivity contribution in [3.05, 3.63) is 35.9 Å². The van der Waals surface area contributed by atoms with Crippen LogP contribution in [0.2, 0.25) is 0 Å². The average molecular weight is 262 g/mol. The fourth-order valence-corrected chi connectivity index (χ4v) is 2.16. The minimum Gasteiger partial charge on any atom is -0.469 e. The number of esters is 1. The number of methoxy groups -OCH3 is 1. The smallest absolute Gasteiger partial charge is 0.307 e. The zero-order valence-electron chi connectivity index (χ0n) is 11.0. The molecule has 1 heterocycles. The summed E-state index contributed by atoms with van der Waals surface area (Å²) in [6.45, 7) is 1.94. The summed E-state index contributed by atoms with van der Waals surface area (Å²) >= 11 is 0. The van der Waals surface area contributed by atoms with Gasteiger partial charge in [0.2, 0.25) is 5.91 Å². The fourth-order valence-electron chi connectivity index (χ4n) is 2.16. The van der Waals surface area contributed by atoms with Gasteiger partial charge in [-0.2, -0.15) is 0 Å². The highest BCUT2D eigenvalue weighted by molar-refractivity contribution is 5.87. The summed E-state index contributed by atoms with van der Waals surface area (Å²) in [5, 5.41) is 3.06. The maximum atomic E-state index is 12.2. The Morgan fingerprint density at radius 3 is 2.84 bits per heavy atom. The number of hydrogen-bond acceptors (Lipinski definition) is 4. The Kier molecular flexibility index (Phi) is 4.52. The van der Waals surface area contributed by atoms with E-state index in [1.165, 1.54) is 7.11 Å². The maximum Gasteiger partial charge on any atom is 0.307 e. The van der Waals surface area contributed by atoms with Crippen molar-refractivity contribution in [2.75, 3.05) is 20.2 Å². The molecule has 1 amide bonds. The highest BCUT2D eigenvalue weighted by Gasteiger charge is 2.30. The summed E-state index contributed by atoms with van der Waals surface area (Å²) in [6.07, 6.45) is 0.0840. The number of amides is 1. The predicted molar refractivity (Wildman–Crippen MR) is 70.3 cm³/mol. The van der Waals surface area contributed by atoms with Crippen molar-refractivity contribution in [1.82, 2.24) is 10.2 Å². The summed E-state index contributed by atoms with van der Waals surface area (Å²) in [4.78, 5) is 25.3. The van der Waals surface area contributed by atoms with Gasteiger partial charge in [0.25, 0.3) is 0 Å². The Bertz CT molecular complexity index is 447. The summed E-state index contributed by atoms with van der Waals surface area (Å²) < 4.78 is 4.61. The van der Waals surface area contributed by atoms with Crippen molar-refractivity contribution in [1.29, 1.82) is 0 Å². The number of carbonyl (C=O) groups excluding carboxylic acids is 2. The minimum absolute atomic E-state index is 0.0412. The van der Waals surface area contributed by atoms with E-state index in [4.69, 9.17) is 0 Å². The van der Waals surface area contributed by atoms with Gasteiger partial charge in [-0.05, 0) is 5.56 Å². The molecule has 0 saturated carbocycles. The predicted octanol–water partition coefficient (Wildman–Crippen LogP) is 0.550. The van der Waals surface area contributed by atoms with E-state index < -0.39 is 6.04 Å². The lowest BCUT2D eigenvalue weighted by Crippen LogP contribution is -2.55. The number of hydrogen-bond donors (Lipinski definition) is 1. The molecule has 1 N–H and O–H groups in total. The molecular weight excluding hydrogens is 244 g/mol. The van der Waals surface area contributed by atoms with Gasteiger partial charge in [0.1, 0.15) is 0 Å². The van der Waals surface area contributed by atoms with Crippen LogP contribution in [0.25, 0.3) is 0 Å². The van der Waals surface area contributed by atoms with E-state index in [1.807, 2.05) is 30.3 Å². The van der Waals surface area contributed by atoms with Crippen LogP contribution in [-0.2, 0) is 20.9 Å². The highest BCUT2D eigenvalue weighted by atomic mass is 16.5. The number of nitrogens with one attached hydrogen (secondary N) is 1. The van der Waals surface area contributed by atoms with Gasteiger partial charge in [-0.3, -0.25) is 9.59 Å². The monoisotopic (exact) mass is 262 g/mol. The molecule has 19 heavy (non-hydrogen) atoms. The van der Waals surface area contributed by atoms with E-state index in [0.717, 1.165) is 5.56 Å². The fraction of sp³-hybridized carbons (Fsp3) is 0.429. The van der Waals surface area contributed by atoms with Crippen molar-refractivity contribution < 1.29 is 14.3 Å². The number of rotatable bonds is 4. The molecule has 0 radical (unpaired) electrons. The molecule has 1 aliphatic heterocycles. The third kappa shape index (κ3) is 3.54. The van der Waals surface area contributed by atoms with Gasteiger partial charge in [-0.1, -0.05) is 30.3 Å². The molecule has 0 aromatic heterocycles. The highest BCUT2D eigenvalue weighted by Crippen LogP contribution is 2.10. The van der Waals surface area contributed by atoms with Crippen LogP contribution in [0.3, 0.4) is 0 Å². The van der Waals surface area contributed by atoms with Crippen molar-refractivity contribution in [2.24, 2.45) is 0 Å². The standard InChI is InChI=1S/C14H18N2O3/c1-19-13(17)9-12-14(18)16(8-7-15-12)10-11-5-3-2-4-6-11/h2-6,12,15H,7-10H2,1H3. The largest absolute Gasteiger partial charge is 0.469 e. The molecule has 1 aliphatic rings. The quantitative estimate of drug-likeness (QED) is 0.805. The summed E-state index contributed by atoms with van der Waals surface area (Å²) in [5.74, 6) is -0.409. The molecule has 1 aromatic rings. The Hall–Kier alpha value is -1.88. The molecule has 0 aliphatic carbocycles. The molecular formula is C14H18N2O3. The first-order valence-corrected chi connectivity index (χ1v) is 6.33. The second-order valence-corrected chi connectivity index (χ2v) is 4.53. The van der Waals surface area contributed by atoms with E-state index in [0.29, 0.717) is 19.6 Å². The molecule has 1 fully saturated rings. The lowest BCUT2D eigenvalue weighted by Gasteiger charge is -2.32. The molecule has 102 valence electrons. The zero-order valence-corrected chi connectivity index (χ0v) is 11.0. The summed E-state index contributed by atoms with van der Waals surface area (Å²) in [6, 6.07) is 9.37. The zero-order chi connectivity index (χ0) is 13.7. The third-order valence-electron chi connectivity index (χ3n) is 3.20. The number of piperazine rings is 1. The SMILES string of the molecule is COC(=O)CC1NCCN(Cc2ccccc2)C1=O. The van der Waals surface area contributed by atoms with Gasteiger partial charge >= 0.3 is 5.97 Å². The topological polar surface area (TPSA) is 58.6 Å². The maximum absolute atomic E-state index is 12.2. The first kappa shape index (κ1) is 13.5. The molecule has 1 saturated heterocycles. The molecule has 0 spiro atoms. The van der Waals surface area contributed by atoms with E-state index in [9.17, 15) is 9.59 Å². The minimum atomic E-state index is -0.468. The van der Waals surface area contributed by atoms with Gasteiger partial charge in [0, 0.05) is 19.6 Å². The first-order valence-electron chi connectivity index (χ1n) is 6.33. The van der Waals surface area contributed by atoms with E-state index in [1.54, 1.807) is 4.90 Å². The van der Waals surface area contributed by atoms with Crippen LogP contribution in [0.15, 0.2) is 30.3 Å². The van der Waals surface area contributed by atoms with Crippen molar-refractivity contribution >= 4 is 11.9 Å². The third-order valence-corrected chi connectivity index (χ3v) is 3.20. The lowest BCUT2D eigenvalue weighted by molar-refractivity contribution is -0.146. The lowest BCUT2D eigenvalue weighted by atomic mass is 10.1.